The Morgan fingerprint density at radius 3 is 2.69 bits per heavy atom. The van der Waals surface area contributed by atoms with Crippen LogP contribution in [0, 0.1) is 6.92 Å². The molecule has 2 aliphatic heterocycles. The van der Waals surface area contributed by atoms with Crippen LogP contribution in [0.4, 0.5) is 30.6 Å². The Morgan fingerprint density at radius 2 is 2.03 bits per heavy atom. The Kier molecular flexibility index (Phi) is 4.97. The van der Waals surface area contributed by atoms with Gasteiger partial charge in [0.25, 0.3) is 5.56 Å². The second kappa shape index (κ2) is 7.33. The predicted molar refractivity (Wildman–Crippen MR) is 102 cm³/mol. The van der Waals surface area contributed by atoms with Gasteiger partial charge in [-0.05, 0) is 32.4 Å². The molecule has 0 aliphatic carbocycles. The van der Waals surface area contributed by atoms with E-state index < -0.39 is 12.2 Å². The van der Waals surface area contributed by atoms with Crippen LogP contribution < -0.4 is 15.4 Å². The van der Waals surface area contributed by atoms with Crippen molar-refractivity contribution < 1.29 is 17.9 Å². The molecule has 0 amide bonds. The van der Waals surface area contributed by atoms with Crippen LogP contribution in [0.25, 0.3) is 0 Å². The molecule has 10 heteroatoms. The molecule has 0 N–H and O–H groups in total. The number of hydrogen-bond acceptors (Lipinski definition) is 6. The van der Waals surface area contributed by atoms with Gasteiger partial charge in [-0.15, -0.1) is 0 Å². The fourth-order valence-corrected chi connectivity index (χ4v) is 3.82. The van der Waals surface area contributed by atoms with E-state index in [2.05, 4.69) is 9.97 Å². The van der Waals surface area contributed by atoms with Gasteiger partial charge in [-0.2, -0.15) is 18.2 Å². The summed E-state index contributed by atoms with van der Waals surface area (Å²) in [7, 11) is 0. The molecule has 0 spiro atoms. The molecule has 0 saturated carbocycles. The molecule has 2 aromatic rings. The summed E-state index contributed by atoms with van der Waals surface area (Å²) in [4.78, 5) is 24.4. The van der Waals surface area contributed by atoms with E-state index in [0.29, 0.717) is 31.3 Å². The lowest BCUT2D eigenvalue weighted by Crippen LogP contribution is -2.51. The van der Waals surface area contributed by atoms with Gasteiger partial charge in [-0.25, -0.2) is 0 Å². The monoisotopic (exact) mass is 409 g/mol. The molecule has 7 nitrogen and oxygen atoms in total. The van der Waals surface area contributed by atoms with Crippen molar-refractivity contribution in [3.05, 3.63) is 40.4 Å². The fourth-order valence-electron chi connectivity index (χ4n) is 3.82. The zero-order valence-corrected chi connectivity index (χ0v) is 16.2. The number of anilines is 3. The Labute approximate surface area is 165 Å². The van der Waals surface area contributed by atoms with Crippen LogP contribution in [0.1, 0.15) is 19.0 Å². The molecule has 2 unspecified atom stereocenters. The minimum absolute atomic E-state index is 0.00887. The van der Waals surface area contributed by atoms with Gasteiger partial charge in [-0.3, -0.25) is 19.2 Å². The highest BCUT2D eigenvalue weighted by atomic mass is 19.4. The molecule has 0 bridgehead atoms. The van der Waals surface area contributed by atoms with Crippen molar-refractivity contribution in [1.82, 2.24) is 14.5 Å². The van der Waals surface area contributed by atoms with Crippen LogP contribution in [-0.4, -0.2) is 52.6 Å². The lowest BCUT2D eigenvalue weighted by molar-refractivity contribution is -0.150. The fraction of sp³-hybridized carbons (Fsp3) is 0.526. The number of nitrogens with zero attached hydrogens (tertiary/aromatic N) is 5. The first-order valence-electron chi connectivity index (χ1n) is 9.50. The van der Waals surface area contributed by atoms with Crippen LogP contribution in [0.3, 0.4) is 0 Å². The van der Waals surface area contributed by atoms with Gasteiger partial charge in [0.2, 0.25) is 5.95 Å². The van der Waals surface area contributed by atoms with Gasteiger partial charge in [0.1, 0.15) is 11.9 Å². The lowest BCUT2D eigenvalue weighted by atomic mass is 10.1. The predicted octanol–water partition coefficient (Wildman–Crippen LogP) is 2.64. The highest BCUT2D eigenvalue weighted by Gasteiger charge is 2.47. The smallest absolute Gasteiger partial charge is 0.377 e. The Hall–Kier alpha value is -2.62. The number of fused-ring (bicyclic) bond motifs is 1. The van der Waals surface area contributed by atoms with E-state index in [1.54, 1.807) is 19.1 Å². The summed E-state index contributed by atoms with van der Waals surface area (Å²) in [5, 5.41) is 0. The summed E-state index contributed by atoms with van der Waals surface area (Å²) in [5.41, 5.74) is 0.579. The highest BCUT2D eigenvalue weighted by Crippen LogP contribution is 2.39. The maximum atomic E-state index is 13.9. The highest BCUT2D eigenvalue weighted by molar-refractivity contribution is 5.61. The molecular weight excluding hydrogens is 387 g/mol. The second-order valence-corrected chi connectivity index (χ2v) is 7.40. The van der Waals surface area contributed by atoms with Gasteiger partial charge in [-0.1, -0.05) is 0 Å². The minimum Gasteiger partial charge on any atom is -0.377 e. The van der Waals surface area contributed by atoms with Gasteiger partial charge < -0.3 is 9.64 Å². The number of alkyl halides is 3. The molecule has 0 radical (unpaired) electrons. The van der Waals surface area contributed by atoms with Crippen LogP contribution in [0.2, 0.25) is 0 Å². The summed E-state index contributed by atoms with van der Waals surface area (Å²) in [5.74, 6) is 0.357. The number of halogens is 3. The van der Waals surface area contributed by atoms with Crippen molar-refractivity contribution in [2.24, 2.45) is 0 Å². The molecule has 4 heterocycles. The van der Waals surface area contributed by atoms with E-state index in [-0.39, 0.29) is 36.2 Å². The van der Waals surface area contributed by atoms with E-state index in [1.165, 1.54) is 16.8 Å². The average Bonchev–Trinajstić information content (AvgIpc) is 2.67. The first-order chi connectivity index (χ1) is 13.8. The van der Waals surface area contributed by atoms with Gasteiger partial charge in [0.05, 0.1) is 31.1 Å². The molecular formula is C19H22F3N5O2. The van der Waals surface area contributed by atoms with Gasteiger partial charge in [0.15, 0.2) is 0 Å². The van der Waals surface area contributed by atoms with Crippen molar-refractivity contribution in [3.8, 4) is 0 Å². The quantitative estimate of drug-likeness (QED) is 0.760. The summed E-state index contributed by atoms with van der Waals surface area (Å²) >= 11 is 0. The van der Waals surface area contributed by atoms with E-state index >= 15 is 0 Å². The zero-order valence-electron chi connectivity index (χ0n) is 16.2. The molecule has 0 aromatic carbocycles. The minimum atomic E-state index is -4.48. The summed E-state index contributed by atoms with van der Waals surface area (Å²) in [6.45, 7) is 5.11. The Morgan fingerprint density at radius 1 is 1.24 bits per heavy atom. The third-order valence-electron chi connectivity index (χ3n) is 5.34. The topological polar surface area (TPSA) is 63.5 Å². The third kappa shape index (κ3) is 3.68. The van der Waals surface area contributed by atoms with Crippen molar-refractivity contribution in [3.63, 3.8) is 0 Å². The largest absolute Gasteiger partial charge is 0.409 e. The lowest BCUT2D eigenvalue weighted by Gasteiger charge is -2.40. The van der Waals surface area contributed by atoms with E-state index in [1.807, 2.05) is 11.8 Å². The van der Waals surface area contributed by atoms with Crippen molar-refractivity contribution in [1.29, 1.82) is 0 Å². The molecule has 1 saturated heterocycles. The van der Waals surface area contributed by atoms with Crippen molar-refractivity contribution in [2.45, 2.75) is 45.1 Å². The second-order valence-electron chi connectivity index (χ2n) is 7.40. The average molecular weight is 409 g/mol. The van der Waals surface area contributed by atoms with Gasteiger partial charge in [0, 0.05) is 24.8 Å². The molecule has 29 heavy (non-hydrogen) atoms. The van der Waals surface area contributed by atoms with Crippen LogP contribution in [-0.2, 0) is 11.3 Å². The molecule has 1 fully saturated rings. The standard InChI is InChI=1S/C19H22F3N5O2/c1-12-3-4-14(10-23-12)27-15(19(20,21)22)5-6-26-17(28)9-16(24-18(26)27)25-7-8-29-11-13(25)2/h3-4,9-10,13,15H,5-8,11H2,1-2H3. The van der Waals surface area contributed by atoms with Crippen molar-refractivity contribution >= 4 is 17.5 Å². The Bertz CT molecular complexity index is 944. The molecule has 4 rings (SSSR count). The maximum Gasteiger partial charge on any atom is 0.409 e. The normalized spacial score (nSPS) is 22.5. The number of pyridine rings is 1. The van der Waals surface area contributed by atoms with Crippen LogP contribution >= 0.6 is 0 Å². The molecule has 2 atom stereocenters. The first kappa shape index (κ1) is 19.7. The third-order valence-corrected chi connectivity index (χ3v) is 5.34. The van der Waals surface area contributed by atoms with Crippen LogP contribution in [0.5, 0.6) is 0 Å². The van der Waals surface area contributed by atoms with E-state index in [9.17, 15) is 18.0 Å². The number of aryl methyl sites for hydroxylation is 1. The van der Waals surface area contributed by atoms with E-state index in [4.69, 9.17) is 4.74 Å². The number of hydrogen-bond donors (Lipinski definition) is 0. The number of morpholine rings is 1. The van der Waals surface area contributed by atoms with E-state index in [0.717, 1.165) is 4.90 Å². The van der Waals surface area contributed by atoms with Gasteiger partial charge >= 0.3 is 6.18 Å². The number of aromatic nitrogens is 3. The maximum absolute atomic E-state index is 13.9. The zero-order chi connectivity index (χ0) is 20.8. The number of ether oxygens (including phenoxy) is 1. The number of rotatable bonds is 2. The van der Waals surface area contributed by atoms with Crippen molar-refractivity contribution in [2.75, 3.05) is 29.6 Å². The Balaban J connectivity index is 1.86. The SMILES string of the molecule is Cc1ccc(N2c3nc(N4CCOCC4C)cc(=O)n3CCC2C(F)(F)F)cn1. The summed E-state index contributed by atoms with van der Waals surface area (Å²) < 4.78 is 48.3. The molecule has 156 valence electrons. The summed E-state index contributed by atoms with van der Waals surface area (Å²) in [6, 6.07) is 2.80. The summed E-state index contributed by atoms with van der Waals surface area (Å²) in [6.07, 6.45) is -3.32. The molecule has 2 aromatic heterocycles. The first-order valence-corrected chi connectivity index (χ1v) is 9.50. The van der Waals surface area contributed by atoms with Crippen LogP contribution in [0.15, 0.2) is 29.2 Å². The molecule has 2 aliphatic rings.